The van der Waals surface area contributed by atoms with Crippen LogP contribution in [-0.2, 0) is 14.3 Å². The highest BCUT2D eigenvalue weighted by Crippen LogP contribution is 2.18. The van der Waals surface area contributed by atoms with Gasteiger partial charge in [0.25, 0.3) is 0 Å². The summed E-state index contributed by atoms with van der Waals surface area (Å²) < 4.78 is 5.10. The number of ether oxygens (including phenoxy) is 1. The van der Waals surface area contributed by atoms with Crippen molar-refractivity contribution in [2.75, 3.05) is 39.3 Å². The maximum absolute atomic E-state index is 12.4. The van der Waals surface area contributed by atoms with Crippen LogP contribution in [0.15, 0.2) is 0 Å². The molecule has 1 fully saturated rings. The van der Waals surface area contributed by atoms with E-state index >= 15 is 0 Å². The lowest BCUT2D eigenvalue weighted by atomic mass is 9.98. The zero-order valence-corrected chi connectivity index (χ0v) is 13.8. The first kappa shape index (κ1) is 18.0. The van der Waals surface area contributed by atoms with Crippen LogP contribution in [0, 0.1) is 5.92 Å². The minimum absolute atomic E-state index is 0.0719. The molecule has 0 aliphatic carbocycles. The topological polar surface area (TPSA) is 49.9 Å². The van der Waals surface area contributed by atoms with Crippen molar-refractivity contribution in [2.24, 2.45) is 5.92 Å². The molecular formula is C16H30N2O3. The van der Waals surface area contributed by atoms with Crippen LogP contribution in [0.3, 0.4) is 0 Å². The minimum Gasteiger partial charge on any atom is -0.466 e. The van der Waals surface area contributed by atoms with Gasteiger partial charge in [-0.1, -0.05) is 13.8 Å². The van der Waals surface area contributed by atoms with Crippen LogP contribution < -0.4 is 0 Å². The molecule has 21 heavy (non-hydrogen) atoms. The summed E-state index contributed by atoms with van der Waals surface area (Å²) in [6.45, 7) is 10.1. The summed E-state index contributed by atoms with van der Waals surface area (Å²) in [5, 5.41) is 0. The first-order valence-corrected chi connectivity index (χ1v) is 8.29. The van der Waals surface area contributed by atoms with E-state index in [-0.39, 0.29) is 17.8 Å². The number of rotatable bonds is 8. The largest absolute Gasteiger partial charge is 0.466 e. The number of carbonyl (C=O) groups is 2. The van der Waals surface area contributed by atoms with Gasteiger partial charge in [-0.05, 0) is 39.2 Å². The number of amides is 1. The van der Waals surface area contributed by atoms with E-state index in [9.17, 15) is 9.59 Å². The Bertz CT molecular complexity index is 327. The number of likely N-dealkylation sites (tertiary alicyclic amines) is 1. The number of carbonyl (C=O) groups excluding carboxylic acids is 2. The second-order valence-corrected chi connectivity index (χ2v) is 5.71. The van der Waals surface area contributed by atoms with E-state index in [0.29, 0.717) is 19.7 Å². The average molecular weight is 298 g/mol. The summed E-state index contributed by atoms with van der Waals surface area (Å²) in [7, 11) is 0. The molecule has 1 saturated heterocycles. The lowest BCUT2D eigenvalue weighted by molar-refractivity contribution is -0.150. The van der Waals surface area contributed by atoms with Crippen molar-refractivity contribution >= 4 is 11.9 Å². The van der Waals surface area contributed by atoms with Gasteiger partial charge in [-0.3, -0.25) is 14.5 Å². The van der Waals surface area contributed by atoms with Crippen molar-refractivity contribution in [3.8, 4) is 0 Å². The van der Waals surface area contributed by atoms with Gasteiger partial charge >= 0.3 is 5.97 Å². The first-order valence-electron chi connectivity index (χ1n) is 8.29. The third-order valence-electron chi connectivity index (χ3n) is 3.82. The van der Waals surface area contributed by atoms with Crippen molar-refractivity contribution in [3.05, 3.63) is 0 Å². The second-order valence-electron chi connectivity index (χ2n) is 5.71. The Balaban J connectivity index is 2.49. The molecule has 1 atom stereocenters. The van der Waals surface area contributed by atoms with E-state index in [2.05, 4.69) is 18.7 Å². The van der Waals surface area contributed by atoms with Gasteiger partial charge in [-0.15, -0.1) is 0 Å². The Kier molecular flexibility index (Phi) is 8.35. The predicted molar refractivity (Wildman–Crippen MR) is 83.0 cm³/mol. The molecular weight excluding hydrogens is 268 g/mol. The average Bonchev–Trinajstić information content (AvgIpc) is 2.47. The van der Waals surface area contributed by atoms with Crippen LogP contribution in [0.1, 0.15) is 46.5 Å². The molecule has 1 amide bonds. The molecule has 1 unspecified atom stereocenters. The minimum atomic E-state index is -0.117. The third kappa shape index (κ3) is 6.04. The summed E-state index contributed by atoms with van der Waals surface area (Å²) in [6.07, 6.45) is 3.80. The van der Waals surface area contributed by atoms with E-state index < -0.39 is 0 Å². The van der Waals surface area contributed by atoms with Crippen molar-refractivity contribution in [3.63, 3.8) is 0 Å². The first-order chi connectivity index (χ1) is 10.1. The Morgan fingerprint density at radius 1 is 1.19 bits per heavy atom. The molecule has 5 nitrogen and oxygen atoms in total. The van der Waals surface area contributed by atoms with Crippen LogP contribution in [-0.4, -0.2) is 61.0 Å². The van der Waals surface area contributed by atoms with Gasteiger partial charge in [0.1, 0.15) is 0 Å². The highest BCUT2D eigenvalue weighted by molar-refractivity contribution is 5.78. The molecule has 0 radical (unpaired) electrons. The fourth-order valence-electron chi connectivity index (χ4n) is 2.84. The molecule has 0 saturated carbocycles. The van der Waals surface area contributed by atoms with E-state index in [1.807, 2.05) is 11.8 Å². The summed E-state index contributed by atoms with van der Waals surface area (Å²) in [5.41, 5.74) is 0. The summed E-state index contributed by atoms with van der Waals surface area (Å²) in [4.78, 5) is 28.2. The smallest absolute Gasteiger partial charge is 0.310 e. The van der Waals surface area contributed by atoms with Crippen LogP contribution in [0.4, 0.5) is 0 Å². The Morgan fingerprint density at radius 2 is 1.86 bits per heavy atom. The van der Waals surface area contributed by atoms with E-state index in [0.717, 1.165) is 45.3 Å². The Morgan fingerprint density at radius 3 is 2.43 bits per heavy atom. The number of nitrogens with zero attached hydrogens (tertiary/aromatic N) is 2. The van der Waals surface area contributed by atoms with Crippen LogP contribution in [0.2, 0.25) is 0 Å². The summed E-state index contributed by atoms with van der Waals surface area (Å²) in [6, 6.07) is 0. The second kappa shape index (κ2) is 9.77. The van der Waals surface area contributed by atoms with Crippen LogP contribution in [0.25, 0.3) is 0 Å². The van der Waals surface area contributed by atoms with Gasteiger partial charge in [0.2, 0.25) is 5.91 Å². The molecule has 1 heterocycles. The molecule has 0 spiro atoms. The molecule has 1 rings (SSSR count). The van der Waals surface area contributed by atoms with Gasteiger partial charge in [-0.2, -0.15) is 0 Å². The number of hydrogen-bond acceptors (Lipinski definition) is 4. The molecule has 0 aromatic heterocycles. The highest BCUT2D eigenvalue weighted by Gasteiger charge is 2.28. The molecule has 0 aromatic carbocycles. The molecule has 0 bridgehead atoms. The number of piperidine rings is 1. The van der Waals surface area contributed by atoms with Gasteiger partial charge in [-0.25, -0.2) is 0 Å². The summed E-state index contributed by atoms with van der Waals surface area (Å²) in [5.74, 6) is -0.00543. The zero-order chi connectivity index (χ0) is 15.7. The standard InChI is InChI=1S/C16H30N2O3/c1-4-9-18(10-5-2)15(19)13-17-11-7-8-14(12-17)16(20)21-6-3/h14H,4-13H2,1-3H3. The Labute approximate surface area is 128 Å². The molecule has 0 aromatic rings. The molecule has 122 valence electrons. The normalized spacial score (nSPS) is 19.3. The summed E-state index contributed by atoms with van der Waals surface area (Å²) >= 11 is 0. The maximum Gasteiger partial charge on any atom is 0.310 e. The highest BCUT2D eigenvalue weighted by atomic mass is 16.5. The lowest BCUT2D eigenvalue weighted by Crippen LogP contribution is -2.46. The van der Waals surface area contributed by atoms with Crippen molar-refractivity contribution in [1.82, 2.24) is 9.80 Å². The number of hydrogen-bond donors (Lipinski definition) is 0. The Hall–Kier alpha value is -1.10. The monoisotopic (exact) mass is 298 g/mol. The van der Waals surface area contributed by atoms with Crippen LogP contribution in [0.5, 0.6) is 0 Å². The molecule has 1 aliphatic rings. The van der Waals surface area contributed by atoms with Crippen molar-refractivity contribution < 1.29 is 14.3 Å². The fraction of sp³-hybridized carbons (Fsp3) is 0.875. The number of esters is 1. The molecule has 0 N–H and O–H groups in total. The quantitative estimate of drug-likeness (QED) is 0.642. The van der Waals surface area contributed by atoms with Crippen molar-refractivity contribution in [2.45, 2.75) is 46.5 Å². The fourth-order valence-corrected chi connectivity index (χ4v) is 2.84. The molecule has 1 aliphatic heterocycles. The SMILES string of the molecule is CCCN(CCC)C(=O)CN1CCCC(C(=O)OCC)C1. The van der Waals surface area contributed by atoms with Gasteiger partial charge in [0, 0.05) is 19.6 Å². The third-order valence-corrected chi connectivity index (χ3v) is 3.82. The maximum atomic E-state index is 12.4. The van der Waals surface area contributed by atoms with Crippen LogP contribution >= 0.6 is 0 Å². The predicted octanol–water partition coefficient (Wildman–Crippen LogP) is 1.91. The molecule has 5 heteroatoms. The van der Waals surface area contributed by atoms with Gasteiger partial charge in [0.05, 0.1) is 19.1 Å². The van der Waals surface area contributed by atoms with E-state index in [4.69, 9.17) is 4.74 Å². The van der Waals surface area contributed by atoms with E-state index in [1.165, 1.54) is 0 Å². The van der Waals surface area contributed by atoms with Crippen molar-refractivity contribution in [1.29, 1.82) is 0 Å². The lowest BCUT2D eigenvalue weighted by Gasteiger charge is -2.32. The van der Waals surface area contributed by atoms with E-state index in [1.54, 1.807) is 0 Å². The zero-order valence-electron chi connectivity index (χ0n) is 13.8. The van der Waals surface area contributed by atoms with Gasteiger partial charge < -0.3 is 9.64 Å². The van der Waals surface area contributed by atoms with Gasteiger partial charge in [0.15, 0.2) is 0 Å².